The molecular weight excluding hydrogens is 332 g/mol. The molecule has 2 aliphatic heterocycles. The molecule has 1 unspecified atom stereocenters. The Hall–Kier alpha value is -0.430. The van der Waals surface area contributed by atoms with Crippen LogP contribution in [0, 0.1) is 6.92 Å². The van der Waals surface area contributed by atoms with Crippen LogP contribution in [0.3, 0.4) is 0 Å². The molecule has 2 aliphatic rings. The van der Waals surface area contributed by atoms with E-state index in [9.17, 15) is 0 Å². The Morgan fingerprint density at radius 2 is 2.05 bits per heavy atom. The van der Waals surface area contributed by atoms with Crippen LogP contribution in [0.25, 0.3) is 0 Å². The molecule has 1 atom stereocenters. The smallest absolute Gasteiger partial charge is 0.0739 e. The molecule has 1 aromatic rings. The third kappa shape index (κ3) is 3.33. The predicted molar refractivity (Wildman–Crippen MR) is 86.4 cm³/mol. The van der Waals surface area contributed by atoms with Crippen molar-refractivity contribution in [1.29, 1.82) is 0 Å². The maximum atomic E-state index is 5.46. The highest BCUT2D eigenvalue weighted by Crippen LogP contribution is 2.25. The summed E-state index contributed by atoms with van der Waals surface area (Å²) in [6.07, 6.45) is 1.27. The summed E-state index contributed by atoms with van der Waals surface area (Å²) in [5.74, 6) is 0. The van der Waals surface area contributed by atoms with Gasteiger partial charge in [-0.3, -0.25) is 14.5 Å². The lowest BCUT2D eigenvalue weighted by Crippen LogP contribution is -2.44. The van der Waals surface area contributed by atoms with Crippen LogP contribution in [0.4, 0.5) is 0 Å². The molecule has 0 amide bonds. The summed E-state index contributed by atoms with van der Waals surface area (Å²) < 4.78 is 8.76. The van der Waals surface area contributed by atoms with E-state index < -0.39 is 0 Å². The minimum absolute atomic E-state index is 0.701. The topological polar surface area (TPSA) is 33.5 Å². The Bertz CT molecular complexity index is 484. The van der Waals surface area contributed by atoms with E-state index in [1.807, 2.05) is 0 Å². The first-order chi connectivity index (χ1) is 10.2. The van der Waals surface area contributed by atoms with Gasteiger partial charge in [0.05, 0.1) is 29.1 Å². The quantitative estimate of drug-likeness (QED) is 0.824. The summed E-state index contributed by atoms with van der Waals surface area (Å²) in [6.45, 7) is 12.5. The number of nitrogens with zero attached hydrogens (tertiary/aromatic N) is 4. The lowest BCUT2D eigenvalue weighted by Gasteiger charge is -2.32. The zero-order valence-electron chi connectivity index (χ0n) is 13.0. The van der Waals surface area contributed by atoms with E-state index in [4.69, 9.17) is 4.74 Å². The molecule has 5 nitrogen and oxygen atoms in total. The maximum Gasteiger partial charge on any atom is 0.0739 e. The van der Waals surface area contributed by atoms with Crippen LogP contribution in [0.5, 0.6) is 0 Å². The monoisotopic (exact) mass is 356 g/mol. The molecule has 0 aliphatic carbocycles. The van der Waals surface area contributed by atoms with Crippen molar-refractivity contribution in [3.05, 3.63) is 15.9 Å². The second-order valence-electron chi connectivity index (χ2n) is 5.99. The van der Waals surface area contributed by atoms with Crippen LogP contribution >= 0.6 is 15.9 Å². The van der Waals surface area contributed by atoms with Crippen molar-refractivity contribution in [3.63, 3.8) is 0 Å². The fourth-order valence-electron chi connectivity index (χ4n) is 3.43. The van der Waals surface area contributed by atoms with Crippen molar-refractivity contribution in [3.8, 4) is 0 Å². The second kappa shape index (κ2) is 6.77. The van der Waals surface area contributed by atoms with Crippen molar-refractivity contribution >= 4 is 15.9 Å². The highest BCUT2D eigenvalue weighted by atomic mass is 79.9. The van der Waals surface area contributed by atoms with Crippen LogP contribution in [0.1, 0.15) is 24.7 Å². The van der Waals surface area contributed by atoms with Crippen LogP contribution in [-0.2, 0) is 17.8 Å². The van der Waals surface area contributed by atoms with Gasteiger partial charge in [0.1, 0.15) is 0 Å². The fraction of sp³-hybridized carbons (Fsp3) is 0.800. The van der Waals surface area contributed by atoms with Crippen molar-refractivity contribution < 1.29 is 4.74 Å². The van der Waals surface area contributed by atoms with Crippen LogP contribution in [0.15, 0.2) is 4.47 Å². The molecule has 21 heavy (non-hydrogen) atoms. The Morgan fingerprint density at radius 3 is 2.76 bits per heavy atom. The first kappa shape index (κ1) is 15.5. The summed E-state index contributed by atoms with van der Waals surface area (Å²) in [5.41, 5.74) is 2.41. The Morgan fingerprint density at radius 1 is 1.29 bits per heavy atom. The van der Waals surface area contributed by atoms with E-state index in [1.165, 1.54) is 29.7 Å². The number of likely N-dealkylation sites (tertiary alicyclic amines) is 1. The minimum Gasteiger partial charge on any atom is -0.379 e. The van der Waals surface area contributed by atoms with Gasteiger partial charge in [-0.05, 0) is 36.2 Å². The highest BCUT2D eigenvalue weighted by molar-refractivity contribution is 9.10. The average Bonchev–Trinajstić information content (AvgIpc) is 3.08. The summed E-state index contributed by atoms with van der Waals surface area (Å²) in [6, 6.07) is 0.701. The predicted octanol–water partition coefficient (Wildman–Crippen LogP) is 1.88. The maximum absolute atomic E-state index is 5.46. The average molecular weight is 357 g/mol. The molecule has 0 N–H and O–H groups in total. The van der Waals surface area contributed by atoms with Crippen molar-refractivity contribution in [2.75, 3.05) is 39.4 Å². The lowest BCUT2D eigenvalue weighted by molar-refractivity contribution is 0.0183. The van der Waals surface area contributed by atoms with Crippen LogP contribution < -0.4 is 0 Å². The molecular formula is C15H25BrN4O. The van der Waals surface area contributed by atoms with E-state index in [-0.39, 0.29) is 0 Å². The van der Waals surface area contributed by atoms with Gasteiger partial charge in [-0.2, -0.15) is 5.10 Å². The highest BCUT2D eigenvalue weighted by Gasteiger charge is 2.29. The molecule has 0 saturated carbocycles. The van der Waals surface area contributed by atoms with Gasteiger partial charge in [0.2, 0.25) is 0 Å². The van der Waals surface area contributed by atoms with E-state index in [2.05, 4.69) is 49.4 Å². The number of ether oxygens (including phenoxy) is 1. The Balaban J connectivity index is 1.62. The molecule has 0 spiro atoms. The largest absolute Gasteiger partial charge is 0.379 e. The van der Waals surface area contributed by atoms with E-state index in [0.717, 1.165) is 45.1 Å². The van der Waals surface area contributed by atoms with E-state index in [1.54, 1.807) is 0 Å². The number of hydrogen-bond acceptors (Lipinski definition) is 4. The van der Waals surface area contributed by atoms with Crippen molar-refractivity contribution in [1.82, 2.24) is 19.6 Å². The lowest BCUT2D eigenvalue weighted by atomic mass is 10.2. The molecule has 3 heterocycles. The molecule has 118 valence electrons. The summed E-state index contributed by atoms with van der Waals surface area (Å²) in [7, 11) is 0. The number of rotatable bonds is 4. The van der Waals surface area contributed by atoms with E-state index in [0.29, 0.717) is 6.04 Å². The molecule has 3 rings (SSSR count). The molecule has 6 heteroatoms. The number of aryl methyl sites for hydroxylation is 2. The molecule has 1 aromatic heterocycles. The van der Waals surface area contributed by atoms with Gasteiger partial charge in [-0.15, -0.1) is 0 Å². The first-order valence-corrected chi connectivity index (χ1v) is 8.74. The normalized spacial score (nSPS) is 24.8. The first-order valence-electron chi connectivity index (χ1n) is 7.95. The summed E-state index contributed by atoms with van der Waals surface area (Å²) in [5, 5.41) is 4.60. The van der Waals surface area contributed by atoms with Gasteiger partial charge in [0.25, 0.3) is 0 Å². The fourth-order valence-corrected chi connectivity index (χ4v) is 3.84. The Labute approximate surface area is 135 Å². The number of morpholine rings is 1. The molecule has 2 saturated heterocycles. The van der Waals surface area contributed by atoms with Crippen LogP contribution in [0.2, 0.25) is 0 Å². The summed E-state index contributed by atoms with van der Waals surface area (Å²) in [4.78, 5) is 5.16. The van der Waals surface area contributed by atoms with E-state index >= 15 is 0 Å². The van der Waals surface area contributed by atoms with Crippen LogP contribution in [-0.4, -0.2) is 65.0 Å². The van der Waals surface area contributed by atoms with Gasteiger partial charge in [0, 0.05) is 45.3 Å². The van der Waals surface area contributed by atoms with Crippen molar-refractivity contribution in [2.24, 2.45) is 0 Å². The van der Waals surface area contributed by atoms with Gasteiger partial charge in [0.15, 0.2) is 0 Å². The molecule has 0 aromatic carbocycles. The SMILES string of the molecule is CCn1nc(C)c(Br)c1CN1CCC(N2CCOCC2)C1. The zero-order chi connectivity index (χ0) is 14.8. The van der Waals surface area contributed by atoms with Gasteiger partial charge < -0.3 is 4.74 Å². The summed E-state index contributed by atoms with van der Waals surface area (Å²) >= 11 is 3.70. The van der Waals surface area contributed by atoms with Gasteiger partial charge >= 0.3 is 0 Å². The third-order valence-corrected chi connectivity index (χ3v) is 5.67. The van der Waals surface area contributed by atoms with Gasteiger partial charge in [-0.1, -0.05) is 0 Å². The van der Waals surface area contributed by atoms with Gasteiger partial charge in [-0.25, -0.2) is 0 Å². The second-order valence-corrected chi connectivity index (χ2v) is 6.78. The molecule has 0 bridgehead atoms. The van der Waals surface area contributed by atoms with Crippen molar-refractivity contribution in [2.45, 2.75) is 39.4 Å². The number of aromatic nitrogens is 2. The third-order valence-electron chi connectivity index (χ3n) is 4.64. The zero-order valence-corrected chi connectivity index (χ0v) is 14.6. The standard InChI is InChI=1S/C15H25BrN4O/c1-3-20-14(15(16)12(2)17-20)11-18-5-4-13(10-18)19-6-8-21-9-7-19/h13H,3-11H2,1-2H3. The molecule has 2 fully saturated rings. The number of halogens is 1. The number of hydrogen-bond donors (Lipinski definition) is 0. The molecule has 0 radical (unpaired) electrons. The minimum atomic E-state index is 0.701. The Kier molecular flexibility index (Phi) is 4.99.